The third-order valence-corrected chi connectivity index (χ3v) is 4.58. The number of piperidine rings is 1. The molecule has 3 rings (SSSR count). The van der Waals surface area contributed by atoms with Crippen LogP contribution in [0.15, 0.2) is 12.3 Å². The molecule has 0 atom stereocenters. The second-order valence-electron chi connectivity index (χ2n) is 5.60. The van der Waals surface area contributed by atoms with Gasteiger partial charge >= 0.3 is 0 Å². The van der Waals surface area contributed by atoms with Crippen molar-refractivity contribution in [1.29, 1.82) is 0 Å². The third kappa shape index (κ3) is 3.22. The van der Waals surface area contributed by atoms with Gasteiger partial charge in [-0.25, -0.2) is 4.98 Å². The maximum atomic E-state index is 6.23. The summed E-state index contributed by atoms with van der Waals surface area (Å²) in [5.74, 6) is 0.733. The zero-order valence-electron chi connectivity index (χ0n) is 11.3. The molecule has 0 radical (unpaired) electrons. The lowest BCUT2D eigenvalue weighted by molar-refractivity contribution is 0.210. The average molecular weight is 311 g/mol. The van der Waals surface area contributed by atoms with Crippen LogP contribution in [-0.4, -0.2) is 40.0 Å². The van der Waals surface area contributed by atoms with Gasteiger partial charge in [-0.05, 0) is 31.7 Å². The van der Waals surface area contributed by atoms with Gasteiger partial charge in [0.15, 0.2) is 0 Å². The number of nitrogens with zero attached hydrogens (tertiary/aromatic N) is 2. The quantitative estimate of drug-likeness (QED) is 0.837. The number of aromatic nitrogens is 1. The SMILES string of the molecule is NC(=S)c1cnc(NC2CCN(C3CC3)CC2)c(Cl)c1. The molecule has 0 bridgehead atoms. The number of anilines is 1. The third-order valence-electron chi connectivity index (χ3n) is 4.06. The number of likely N-dealkylation sites (tertiary alicyclic amines) is 1. The van der Waals surface area contributed by atoms with Gasteiger partial charge in [0.05, 0.1) is 5.02 Å². The Morgan fingerprint density at radius 3 is 2.60 bits per heavy atom. The summed E-state index contributed by atoms with van der Waals surface area (Å²) >= 11 is 11.2. The molecule has 2 heterocycles. The summed E-state index contributed by atoms with van der Waals surface area (Å²) < 4.78 is 0. The first-order chi connectivity index (χ1) is 9.63. The first-order valence-corrected chi connectivity index (χ1v) is 7.88. The van der Waals surface area contributed by atoms with E-state index in [2.05, 4.69) is 15.2 Å². The number of hydrogen-bond acceptors (Lipinski definition) is 4. The lowest BCUT2D eigenvalue weighted by Gasteiger charge is -2.32. The minimum atomic E-state index is 0.323. The summed E-state index contributed by atoms with van der Waals surface area (Å²) in [4.78, 5) is 7.26. The van der Waals surface area contributed by atoms with Crippen molar-refractivity contribution in [1.82, 2.24) is 9.88 Å². The molecule has 1 aliphatic carbocycles. The molecule has 1 aromatic heterocycles. The molecular formula is C14H19ClN4S. The van der Waals surface area contributed by atoms with Gasteiger partial charge in [-0.1, -0.05) is 23.8 Å². The Morgan fingerprint density at radius 2 is 2.05 bits per heavy atom. The second kappa shape index (κ2) is 5.84. The van der Waals surface area contributed by atoms with Crippen LogP contribution in [0.25, 0.3) is 0 Å². The van der Waals surface area contributed by atoms with Crippen LogP contribution in [0, 0.1) is 0 Å². The largest absolute Gasteiger partial charge is 0.389 e. The van der Waals surface area contributed by atoms with Gasteiger partial charge in [0, 0.05) is 36.9 Å². The number of hydrogen-bond donors (Lipinski definition) is 2. The van der Waals surface area contributed by atoms with E-state index < -0.39 is 0 Å². The van der Waals surface area contributed by atoms with E-state index >= 15 is 0 Å². The topological polar surface area (TPSA) is 54.2 Å². The zero-order chi connectivity index (χ0) is 14.1. The fourth-order valence-electron chi connectivity index (χ4n) is 2.72. The van der Waals surface area contributed by atoms with Crippen LogP contribution in [0.4, 0.5) is 5.82 Å². The highest BCUT2D eigenvalue weighted by Gasteiger charge is 2.31. The molecule has 0 aromatic carbocycles. The fraction of sp³-hybridized carbons (Fsp3) is 0.571. The Morgan fingerprint density at radius 1 is 1.35 bits per heavy atom. The normalized spacial score (nSPS) is 20.9. The number of pyridine rings is 1. The van der Waals surface area contributed by atoms with Crippen LogP contribution in [0.1, 0.15) is 31.2 Å². The molecule has 0 amide bonds. The van der Waals surface area contributed by atoms with Gasteiger partial charge in [-0.15, -0.1) is 0 Å². The predicted octanol–water partition coefficient (Wildman–Crippen LogP) is 2.41. The van der Waals surface area contributed by atoms with E-state index in [4.69, 9.17) is 29.6 Å². The van der Waals surface area contributed by atoms with E-state index in [0.717, 1.165) is 24.7 Å². The van der Waals surface area contributed by atoms with Crippen LogP contribution in [0.3, 0.4) is 0 Å². The minimum absolute atomic E-state index is 0.323. The van der Waals surface area contributed by atoms with Gasteiger partial charge in [0.2, 0.25) is 0 Å². The molecule has 3 N–H and O–H groups in total. The second-order valence-corrected chi connectivity index (χ2v) is 6.45. The summed E-state index contributed by atoms with van der Waals surface area (Å²) in [5.41, 5.74) is 6.28. The fourth-order valence-corrected chi connectivity index (χ4v) is 3.05. The van der Waals surface area contributed by atoms with E-state index in [0.29, 0.717) is 21.6 Å². The Balaban J connectivity index is 1.59. The zero-order valence-corrected chi connectivity index (χ0v) is 12.9. The van der Waals surface area contributed by atoms with E-state index in [-0.39, 0.29) is 0 Å². The van der Waals surface area contributed by atoms with Crippen molar-refractivity contribution in [2.45, 2.75) is 37.8 Å². The molecule has 20 heavy (non-hydrogen) atoms. The summed E-state index contributed by atoms with van der Waals surface area (Å²) in [6, 6.07) is 3.09. The molecule has 6 heteroatoms. The smallest absolute Gasteiger partial charge is 0.145 e. The van der Waals surface area contributed by atoms with Crippen molar-refractivity contribution < 1.29 is 0 Å². The molecule has 0 unspecified atom stereocenters. The molecule has 1 aliphatic heterocycles. The molecule has 108 valence electrons. The summed E-state index contributed by atoms with van der Waals surface area (Å²) in [7, 11) is 0. The Kier molecular flexibility index (Phi) is 4.10. The number of thiocarbonyl (C=S) groups is 1. The molecule has 4 nitrogen and oxygen atoms in total. The van der Waals surface area contributed by atoms with Crippen molar-refractivity contribution in [2.24, 2.45) is 5.73 Å². The monoisotopic (exact) mass is 310 g/mol. The number of nitrogens with two attached hydrogens (primary N) is 1. The van der Waals surface area contributed by atoms with Gasteiger partial charge in [-0.2, -0.15) is 0 Å². The van der Waals surface area contributed by atoms with Crippen LogP contribution >= 0.6 is 23.8 Å². The molecule has 0 spiro atoms. The van der Waals surface area contributed by atoms with Crippen molar-refractivity contribution in [2.75, 3.05) is 18.4 Å². The predicted molar refractivity (Wildman–Crippen MR) is 86.4 cm³/mol. The molecule has 1 aromatic rings. The van der Waals surface area contributed by atoms with Crippen LogP contribution in [0.2, 0.25) is 5.02 Å². The lowest BCUT2D eigenvalue weighted by Crippen LogP contribution is -2.40. The van der Waals surface area contributed by atoms with Crippen LogP contribution < -0.4 is 11.1 Å². The number of halogens is 1. The Labute approximate surface area is 129 Å². The summed E-state index contributed by atoms with van der Waals surface area (Å²) in [6.07, 6.45) is 6.73. The Bertz CT molecular complexity index is 510. The van der Waals surface area contributed by atoms with Crippen molar-refractivity contribution in [3.8, 4) is 0 Å². The van der Waals surface area contributed by atoms with Gasteiger partial charge < -0.3 is 16.0 Å². The molecule has 2 fully saturated rings. The van der Waals surface area contributed by atoms with Gasteiger partial charge in [0.25, 0.3) is 0 Å². The van der Waals surface area contributed by atoms with Crippen molar-refractivity contribution in [3.63, 3.8) is 0 Å². The first-order valence-electron chi connectivity index (χ1n) is 7.09. The summed E-state index contributed by atoms with van der Waals surface area (Å²) in [6.45, 7) is 2.34. The maximum absolute atomic E-state index is 6.23. The van der Waals surface area contributed by atoms with Gasteiger partial charge in [0.1, 0.15) is 10.8 Å². The van der Waals surface area contributed by atoms with Crippen LogP contribution in [-0.2, 0) is 0 Å². The lowest BCUT2D eigenvalue weighted by atomic mass is 10.0. The van der Waals surface area contributed by atoms with Crippen molar-refractivity contribution in [3.05, 3.63) is 22.8 Å². The van der Waals surface area contributed by atoms with Crippen molar-refractivity contribution >= 4 is 34.6 Å². The number of nitrogens with one attached hydrogen (secondary N) is 1. The van der Waals surface area contributed by atoms with E-state index in [1.807, 2.05) is 0 Å². The molecule has 2 aliphatic rings. The minimum Gasteiger partial charge on any atom is -0.389 e. The van der Waals surface area contributed by atoms with E-state index in [1.54, 1.807) is 12.3 Å². The van der Waals surface area contributed by atoms with E-state index in [9.17, 15) is 0 Å². The highest BCUT2D eigenvalue weighted by molar-refractivity contribution is 7.80. The standard InChI is InChI=1S/C14H19ClN4S/c15-12-7-9(13(16)20)8-17-14(12)18-10-3-5-19(6-4-10)11-1-2-11/h7-8,10-11H,1-6H2,(H2,16,20)(H,17,18). The van der Waals surface area contributed by atoms with Gasteiger partial charge in [-0.3, -0.25) is 0 Å². The summed E-state index contributed by atoms with van der Waals surface area (Å²) in [5, 5.41) is 4.02. The number of rotatable bonds is 4. The van der Waals surface area contributed by atoms with E-state index in [1.165, 1.54) is 25.9 Å². The molecule has 1 saturated heterocycles. The molecular weight excluding hydrogens is 292 g/mol. The highest BCUT2D eigenvalue weighted by atomic mass is 35.5. The highest BCUT2D eigenvalue weighted by Crippen LogP contribution is 2.30. The first kappa shape index (κ1) is 14.0. The van der Waals surface area contributed by atoms with Crippen LogP contribution in [0.5, 0.6) is 0 Å². The Hall–Kier alpha value is -0.910. The average Bonchev–Trinajstić information content (AvgIpc) is 3.26. The maximum Gasteiger partial charge on any atom is 0.145 e. The molecule has 1 saturated carbocycles.